The van der Waals surface area contributed by atoms with Crippen LogP contribution >= 0.6 is 0 Å². The van der Waals surface area contributed by atoms with Crippen molar-refractivity contribution in [3.63, 3.8) is 0 Å². The van der Waals surface area contributed by atoms with E-state index in [1.807, 2.05) is 48.5 Å². The van der Waals surface area contributed by atoms with Crippen LogP contribution < -0.4 is 4.74 Å². The molecule has 0 bridgehead atoms. The van der Waals surface area contributed by atoms with E-state index in [2.05, 4.69) is 115 Å². The van der Waals surface area contributed by atoms with E-state index in [9.17, 15) is 5.26 Å². The van der Waals surface area contributed by atoms with Gasteiger partial charge in [-0.2, -0.15) is 5.26 Å². The van der Waals surface area contributed by atoms with Crippen LogP contribution in [-0.4, -0.2) is 15.0 Å². The molecule has 0 saturated carbocycles. The van der Waals surface area contributed by atoms with Gasteiger partial charge in [0.05, 0.1) is 17.0 Å². The van der Waals surface area contributed by atoms with Crippen LogP contribution in [-0.2, 0) is 5.41 Å². The fourth-order valence-electron chi connectivity index (χ4n) is 7.13. The molecule has 0 atom stereocenters. The zero-order chi connectivity index (χ0) is 33.5. The summed E-state index contributed by atoms with van der Waals surface area (Å²) >= 11 is 0. The Bertz CT molecular complexity index is 2540. The van der Waals surface area contributed by atoms with Crippen molar-refractivity contribution < 1.29 is 4.74 Å². The molecule has 2 heterocycles. The van der Waals surface area contributed by atoms with Gasteiger partial charge < -0.3 is 4.74 Å². The standard InChI is InChI=1S/C45H28N4O/c46-29-30-19-21-32(22-20-30)42-47-43(34-24-23-31-11-7-8-12-33(31)27-34)49-44(48-42)35-25-26-41-39(28-35)45(36-13-3-1-4-14-36,37-15-5-2-6-16-37)38-17-9-10-18-40(38)50-41/h1-28H. The Balaban J connectivity index is 1.30. The minimum atomic E-state index is -0.674. The Morgan fingerprint density at radius 3 is 1.64 bits per heavy atom. The van der Waals surface area contributed by atoms with Crippen molar-refractivity contribution in [2.45, 2.75) is 5.41 Å². The molecule has 5 heteroatoms. The highest BCUT2D eigenvalue weighted by molar-refractivity contribution is 5.86. The second-order valence-corrected chi connectivity index (χ2v) is 12.3. The monoisotopic (exact) mass is 640 g/mol. The number of benzene rings is 7. The molecule has 50 heavy (non-hydrogen) atoms. The molecule has 9 rings (SSSR count). The number of nitrogens with zero attached hydrogens (tertiary/aromatic N) is 4. The molecule has 1 aromatic heterocycles. The topological polar surface area (TPSA) is 71.7 Å². The molecule has 1 aliphatic rings. The van der Waals surface area contributed by atoms with Gasteiger partial charge in [0, 0.05) is 27.8 Å². The predicted molar refractivity (Wildman–Crippen MR) is 197 cm³/mol. The summed E-state index contributed by atoms with van der Waals surface area (Å²) in [6, 6.07) is 59.8. The van der Waals surface area contributed by atoms with Crippen LogP contribution in [0.1, 0.15) is 27.8 Å². The van der Waals surface area contributed by atoms with Gasteiger partial charge in [-0.15, -0.1) is 0 Å². The minimum Gasteiger partial charge on any atom is -0.457 e. The number of hydrogen-bond acceptors (Lipinski definition) is 5. The molecule has 0 saturated heterocycles. The van der Waals surface area contributed by atoms with Gasteiger partial charge in [0.25, 0.3) is 0 Å². The lowest BCUT2D eigenvalue weighted by Gasteiger charge is -2.41. The summed E-state index contributed by atoms with van der Waals surface area (Å²) in [5.41, 5.74) is 6.75. The van der Waals surface area contributed by atoms with Gasteiger partial charge in [0.15, 0.2) is 17.5 Å². The molecule has 0 amide bonds. The first-order valence-electron chi connectivity index (χ1n) is 16.5. The first kappa shape index (κ1) is 29.3. The second kappa shape index (κ2) is 12.0. The molecule has 0 N–H and O–H groups in total. The van der Waals surface area contributed by atoms with Crippen LogP contribution in [0.15, 0.2) is 170 Å². The number of hydrogen-bond donors (Lipinski definition) is 0. The van der Waals surface area contributed by atoms with Gasteiger partial charge in [0.2, 0.25) is 0 Å². The van der Waals surface area contributed by atoms with Crippen molar-refractivity contribution in [1.82, 2.24) is 15.0 Å². The number of nitriles is 1. The fourth-order valence-corrected chi connectivity index (χ4v) is 7.13. The van der Waals surface area contributed by atoms with Crippen LogP contribution in [0.5, 0.6) is 11.5 Å². The Hall–Kier alpha value is -6.90. The lowest BCUT2D eigenvalue weighted by molar-refractivity contribution is 0.434. The van der Waals surface area contributed by atoms with Crippen LogP contribution in [0.4, 0.5) is 0 Å². The summed E-state index contributed by atoms with van der Waals surface area (Å²) in [6.07, 6.45) is 0. The van der Waals surface area contributed by atoms with E-state index < -0.39 is 5.41 Å². The highest BCUT2D eigenvalue weighted by atomic mass is 16.5. The van der Waals surface area contributed by atoms with Crippen molar-refractivity contribution in [2.24, 2.45) is 0 Å². The third kappa shape index (κ3) is 4.82. The zero-order valence-electron chi connectivity index (χ0n) is 26.9. The molecule has 234 valence electrons. The van der Waals surface area contributed by atoms with E-state index in [4.69, 9.17) is 19.7 Å². The number of rotatable bonds is 5. The molecule has 7 aromatic carbocycles. The van der Waals surface area contributed by atoms with Gasteiger partial charge in [-0.05, 0) is 76.5 Å². The van der Waals surface area contributed by atoms with E-state index in [1.165, 1.54) is 0 Å². The van der Waals surface area contributed by atoms with E-state index in [0.717, 1.165) is 61.2 Å². The summed E-state index contributed by atoms with van der Waals surface area (Å²) in [7, 11) is 0. The molecule has 5 nitrogen and oxygen atoms in total. The number of para-hydroxylation sites is 1. The van der Waals surface area contributed by atoms with Crippen LogP contribution in [0.25, 0.3) is 44.9 Å². The molecule has 0 aliphatic carbocycles. The van der Waals surface area contributed by atoms with Gasteiger partial charge in [-0.1, -0.05) is 115 Å². The quantitative estimate of drug-likeness (QED) is 0.187. The first-order chi connectivity index (χ1) is 24.7. The van der Waals surface area contributed by atoms with Crippen LogP contribution in [0.3, 0.4) is 0 Å². The summed E-state index contributed by atoms with van der Waals surface area (Å²) in [6.45, 7) is 0. The van der Waals surface area contributed by atoms with Crippen molar-refractivity contribution >= 4 is 10.8 Å². The molecular formula is C45H28N4O. The highest BCUT2D eigenvalue weighted by Crippen LogP contribution is 2.55. The molecular weight excluding hydrogens is 613 g/mol. The summed E-state index contributed by atoms with van der Waals surface area (Å²) < 4.78 is 6.64. The normalized spacial score (nSPS) is 12.7. The second-order valence-electron chi connectivity index (χ2n) is 12.3. The molecule has 0 radical (unpaired) electrons. The fraction of sp³-hybridized carbons (Fsp3) is 0.0222. The van der Waals surface area contributed by atoms with Crippen LogP contribution in [0, 0.1) is 11.3 Å². The predicted octanol–water partition coefficient (Wildman–Crippen LogP) is 10.4. The number of fused-ring (bicyclic) bond motifs is 3. The first-order valence-corrected chi connectivity index (χ1v) is 16.5. The van der Waals surface area contributed by atoms with Crippen molar-refractivity contribution in [2.75, 3.05) is 0 Å². The molecule has 0 spiro atoms. The minimum absolute atomic E-state index is 0.527. The molecule has 0 fully saturated rings. The van der Waals surface area contributed by atoms with Gasteiger partial charge >= 0.3 is 0 Å². The Labute approximate surface area is 289 Å². The van der Waals surface area contributed by atoms with Crippen molar-refractivity contribution in [3.8, 4) is 51.7 Å². The Morgan fingerprint density at radius 1 is 0.440 bits per heavy atom. The van der Waals surface area contributed by atoms with E-state index in [-0.39, 0.29) is 0 Å². The SMILES string of the molecule is N#Cc1ccc(-c2nc(-c3ccc4c(c3)C(c3ccccc3)(c3ccccc3)c3ccccc3O4)nc(-c3ccc4ccccc4c3)n2)cc1. The molecule has 8 aromatic rings. The number of ether oxygens (including phenoxy) is 1. The third-order valence-electron chi connectivity index (χ3n) is 9.48. The molecule has 0 unspecified atom stereocenters. The van der Waals surface area contributed by atoms with E-state index in [1.54, 1.807) is 12.1 Å². The highest BCUT2D eigenvalue weighted by Gasteiger charge is 2.45. The maximum atomic E-state index is 9.43. The van der Waals surface area contributed by atoms with Crippen LogP contribution in [0.2, 0.25) is 0 Å². The van der Waals surface area contributed by atoms with Crippen molar-refractivity contribution in [1.29, 1.82) is 5.26 Å². The van der Waals surface area contributed by atoms with Gasteiger partial charge in [0.1, 0.15) is 11.5 Å². The maximum Gasteiger partial charge on any atom is 0.164 e. The Morgan fingerprint density at radius 2 is 0.960 bits per heavy atom. The lowest BCUT2D eigenvalue weighted by atomic mass is 9.63. The van der Waals surface area contributed by atoms with E-state index >= 15 is 0 Å². The number of aromatic nitrogens is 3. The summed E-state index contributed by atoms with van der Waals surface area (Å²) in [5.74, 6) is 3.23. The summed E-state index contributed by atoms with van der Waals surface area (Å²) in [4.78, 5) is 15.1. The van der Waals surface area contributed by atoms with Gasteiger partial charge in [-0.3, -0.25) is 0 Å². The Kier molecular flexibility index (Phi) is 7.00. The van der Waals surface area contributed by atoms with Gasteiger partial charge in [-0.25, -0.2) is 15.0 Å². The third-order valence-corrected chi connectivity index (χ3v) is 9.48. The maximum absolute atomic E-state index is 9.43. The average Bonchev–Trinajstić information content (AvgIpc) is 3.20. The lowest BCUT2D eigenvalue weighted by Crippen LogP contribution is -2.34. The largest absolute Gasteiger partial charge is 0.457 e. The molecule has 1 aliphatic heterocycles. The van der Waals surface area contributed by atoms with Crippen molar-refractivity contribution in [3.05, 3.63) is 198 Å². The van der Waals surface area contributed by atoms with E-state index in [0.29, 0.717) is 23.0 Å². The average molecular weight is 641 g/mol. The zero-order valence-corrected chi connectivity index (χ0v) is 26.9. The smallest absolute Gasteiger partial charge is 0.164 e. The summed E-state index contributed by atoms with van der Waals surface area (Å²) in [5, 5.41) is 11.7.